The van der Waals surface area contributed by atoms with Crippen LogP contribution in [-0.4, -0.2) is 32.9 Å². The van der Waals surface area contributed by atoms with E-state index in [2.05, 4.69) is 24.4 Å². The molecule has 0 aliphatic heterocycles. The molecule has 0 aliphatic rings. The van der Waals surface area contributed by atoms with E-state index in [4.69, 9.17) is 14.2 Å². The van der Waals surface area contributed by atoms with Crippen LogP contribution in [0.15, 0.2) is 47.6 Å². The highest BCUT2D eigenvalue weighted by atomic mass is 16.5. The van der Waals surface area contributed by atoms with Crippen molar-refractivity contribution < 1.29 is 19.0 Å². The molecule has 6 heteroatoms. The van der Waals surface area contributed by atoms with Gasteiger partial charge in [0.25, 0.3) is 5.91 Å². The van der Waals surface area contributed by atoms with Crippen LogP contribution in [0.2, 0.25) is 0 Å². The third kappa shape index (κ3) is 5.74. The van der Waals surface area contributed by atoms with Crippen LogP contribution in [-0.2, 0) is 4.79 Å². The SMILES string of the molecule is CC[C@H](C)c1ccc(OCC(=O)N/N=C\c2cccc(OC)c2OC)cc1. The lowest BCUT2D eigenvalue weighted by molar-refractivity contribution is -0.123. The molecule has 1 atom stereocenters. The number of para-hydroxylation sites is 1. The minimum Gasteiger partial charge on any atom is -0.493 e. The second-order valence-electron chi connectivity index (χ2n) is 6.04. The van der Waals surface area contributed by atoms with Crippen LogP contribution in [0.5, 0.6) is 17.2 Å². The number of rotatable bonds is 9. The van der Waals surface area contributed by atoms with Crippen molar-refractivity contribution in [3.05, 3.63) is 53.6 Å². The first-order chi connectivity index (χ1) is 13.1. The van der Waals surface area contributed by atoms with E-state index < -0.39 is 0 Å². The van der Waals surface area contributed by atoms with Gasteiger partial charge < -0.3 is 14.2 Å². The molecule has 0 aromatic heterocycles. The van der Waals surface area contributed by atoms with Gasteiger partial charge in [0, 0.05) is 5.56 Å². The van der Waals surface area contributed by atoms with E-state index in [9.17, 15) is 4.79 Å². The van der Waals surface area contributed by atoms with Crippen molar-refractivity contribution in [2.24, 2.45) is 5.10 Å². The average molecular weight is 370 g/mol. The molecule has 0 fully saturated rings. The summed E-state index contributed by atoms with van der Waals surface area (Å²) >= 11 is 0. The average Bonchev–Trinajstić information content (AvgIpc) is 2.71. The van der Waals surface area contributed by atoms with Crippen molar-refractivity contribution in [2.75, 3.05) is 20.8 Å². The number of nitrogens with zero attached hydrogens (tertiary/aromatic N) is 1. The van der Waals surface area contributed by atoms with Gasteiger partial charge in [0.1, 0.15) is 5.75 Å². The lowest BCUT2D eigenvalue weighted by Gasteiger charge is -2.10. The highest BCUT2D eigenvalue weighted by Gasteiger charge is 2.08. The largest absolute Gasteiger partial charge is 0.493 e. The van der Waals surface area contributed by atoms with Gasteiger partial charge in [-0.1, -0.05) is 32.0 Å². The predicted molar refractivity (Wildman–Crippen MR) is 106 cm³/mol. The highest BCUT2D eigenvalue weighted by Crippen LogP contribution is 2.29. The maximum Gasteiger partial charge on any atom is 0.277 e. The number of methoxy groups -OCH3 is 2. The number of nitrogens with one attached hydrogen (secondary N) is 1. The molecular weight excluding hydrogens is 344 g/mol. The number of hydrogen-bond acceptors (Lipinski definition) is 5. The summed E-state index contributed by atoms with van der Waals surface area (Å²) in [5.74, 6) is 1.95. The Morgan fingerprint density at radius 2 is 1.89 bits per heavy atom. The molecule has 0 heterocycles. The quantitative estimate of drug-likeness (QED) is 0.539. The maximum atomic E-state index is 11.9. The van der Waals surface area contributed by atoms with Crippen molar-refractivity contribution >= 4 is 12.1 Å². The van der Waals surface area contributed by atoms with E-state index >= 15 is 0 Å². The van der Waals surface area contributed by atoms with E-state index in [1.54, 1.807) is 20.3 Å². The number of hydrazone groups is 1. The Morgan fingerprint density at radius 1 is 1.15 bits per heavy atom. The molecule has 0 aliphatic carbocycles. The van der Waals surface area contributed by atoms with E-state index in [1.807, 2.05) is 36.4 Å². The summed E-state index contributed by atoms with van der Waals surface area (Å²) in [5.41, 5.74) is 4.39. The summed E-state index contributed by atoms with van der Waals surface area (Å²) in [6, 6.07) is 13.2. The molecule has 144 valence electrons. The molecule has 0 saturated heterocycles. The monoisotopic (exact) mass is 370 g/mol. The first-order valence-corrected chi connectivity index (χ1v) is 8.84. The second-order valence-corrected chi connectivity index (χ2v) is 6.04. The standard InChI is InChI=1S/C21H26N2O4/c1-5-15(2)16-9-11-18(12-10-16)27-14-20(24)23-22-13-17-7-6-8-19(25-3)21(17)26-4/h6-13,15H,5,14H2,1-4H3,(H,23,24)/b22-13-/t15-/m0/s1. The van der Waals surface area contributed by atoms with Gasteiger partial charge in [-0.25, -0.2) is 5.43 Å². The molecule has 27 heavy (non-hydrogen) atoms. The van der Waals surface area contributed by atoms with Crippen LogP contribution >= 0.6 is 0 Å². The van der Waals surface area contributed by atoms with Crippen LogP contribution in [0, 0.1) is 0 Å². The van der Waals surface area contributed by atoms with Gasteiger partial charge in [-0.3, -0.25) is 4.79 Å². The van der Waals surface area contributed by atoms with Crippen molar-refractivity contribution in [3.63, 3.8) is 0 Å². The molecule has 0 saturated carbocycles. The summed E-state index contributed by atoms with van der Waals surface area (Å²) in [4.78, 5) is 11.9. The summed E-state index contributed by atoms with van der Waals surface area (Å²) < 4.78 is 16.0. The molecule has 0 bridgehead atoms. The Balaban J connectivity index is 1.87. The fourth-order valence-corrected chi connectivity index (χ4v) is 2.50. The lowest BCUT2D eigenvalue weighted by atomic mass is 9.99. The van der Waals surface area contributed by atoms with Gasteiger partial charge in [0.2, 0.25) is 0 Å². The molecule has 1 amide bonds. The summed E-state index contributed by atoms with van der Waals surface area (Å²) in [7, 11) is 3.11. The summed E-state index contributed by atoms with van der Waals surface area (Å²) in [6.07, 6.45) is 2.58. The summed E-state index contributed by atoms with van der Waals surface area (Å²) in [6.45, 7) is 4.22. The van der Waals surface area contributed by atoms with Crippen molar-refractivity contribution in [2.45, 2.75) is 26.2 Å². The Labute approximate surface area is 160 Å². The van der Waals surface area contributed by atoms with Gasteiger partial charge >= 0.3 is 0 Å². The molecule has 6 nitrogen and oxygen atoms in total. The lowest BCUT2D eigenvalue weighted by Crippen LogP contribution is -2.24. The third-order valence-electron chi connectivity index (χ3n) is 4.26. The van der Waals surface area contributed by atoms with E-state index in [0.717, 1.165) is 6.42 Å². The Morgan fingerprint density at radius 3 is 2.52 bits per heavy atom. The van der Waals surface area contributed by atoms with Crippen LogP contribution in [0.3, 0.4) is 0 Å². The Kier molecular flexibility index (Phi) is 7.67. The van der Waals surface area contributed by atoms with Gasteiger partial charge in [-0.05, 0) is 42.2 Å². The fraction of sp³-hybridized carbons (Fsp3) is 0.333. The first-order valence-electron chi connectivity index (χ1n) is 8.84. The van der Waals surface area contributed by atoms with Crippen molar-refractivity contribution in [1.29, 1.82) is 0 Å². The Hall–Kier alpha value is -3.02. The van der Waals surface area contributed by atoms with Crippen LogP contribution in [0.1, 0.15) is 37.3 Å². The number of carbonyl (C=O) groups excluding carboxylic acids is 1. The van der Waals surface area contributed by atoms with E-state index in [0.29, 0.717) is 28.7 Å². The van der Waals surface area contributed by atoms with Gasteiger partial charge in [0.15, 0.2) is 18.1 Å². The zero-order chi connectivity index (χ0) is 19.6. The molecule has 0 radical (unpaired) electrons. The normalized spacial score (nSPS) is 11.9. The number of hydrogen-bond donors (Lipinski definition) is 1. The Bertz CT molecular complexity index is 772. The first kappa shape index (κ1) is 20.3. The zero-order valence-corrected chi connectivity index (χ0v) is 16.2. The number of amides is 1. The van der Waals surface area contributed by atoms with Crippen LogP contribution in [0.25, 0.3) is 0 Å². The highest BCUT2D eigenvalue weighted by molar-refractivity contribution is 5.86. The van der Waals surface area contributed by atoms with Gasteiger partial charge in [-0.2, -0.15) is 5.10 Å². The predicted octanol–water partition coefficient (Wildman–Crippen LogP) is 3.75. The zero-order valence-electron chi connectivity index (χ0n) is 16.2. The van der Waals surface area contributed by atoms with Gasteiger partial charge in [-0.15, -0.1) is 0 Å². The molecule has 2 rings (SSSR count). The van der Waals surface area contributed by atoms with Crippen molar-refractivity contribution in [3.8, 4) is 17.2 Å². The molecule has 0 unspecified atom stereocenters. The summed E-state index contributed by atoms with van der Waals surface area (Å²) in [5, 5.41) is 3.95. The fourth-order valence-electron chi connectivity index (χ4n) is 2.50. The van der Waals surface area contributed by atoms with Crippen LogP contribution in [0.4, 0.5) is 0 Å². The molecule has 2 aromatic carbocycles. The molecule has 0 spiro atoms. The number of benzene rings is 2. The maximum absolute atomic E-state index is 11.9. The number of carbonyl (C=O) groups is 1. The van der Waals surface area contributed by atoms with Crippen LogP contribution < -0.4 is 19.6 Å². The van der Waals surface area contributed by atoms with E-state index in [-0.39, 0.29) is 12.5 Å². The van der Waals surface area contributed by atoms with Crippen molar-refractivity contribution in [1.82, 2.24) is 5.43 Å². The third-order valence-corrected chi connectivity index (χ3v) is 4.26. The second kappa shape index (κ2) is 10.2. The minimum atomic E-state index is -0.348. The topological polar surface area (TPSA) is 69.2 Å². The molecule has 1 N–H and O–H groups in total. The smallest absolute Gasteiger partial charge is 0.277 e. The number of ether oxygens (including phenoxy) is 3. The molecule has 2 aromatic rings. The molecular formula is C21H26N2O4. The van der Waals surface area contributed by atoms with E-state index in [1.165, 1.54) is 11.8 Å². The minimum absolute atomic E-state index is 0.116. The van der Waals surface area contributed by atoms with Gasteiger partial charge in [0.05, 0.1) is 20.4 Å².